The number of benzene rings is 1. The maximum Gasteiger partial charge on any atom is 0.0317 e. The molecule has 4 rings (SSSR count). The van der Waals surface area contributed by atoms with Gasteiger partial charge in [-0.1, -0.05) is 105 Å². The molecule has 0 radical (unpaired) electrons. The molecule has 0 bridgehead atoms. The van der Waals surface area contributed by atoms with E-state index in [9.17, 15) is 0 Å². The van der Waals surface area contributed by atoms with Crippen LogP contribution in [0.4, 0.5) is 5.69 Å². The molecule has 3 aliphatic rings. The molecule has 0 aliphatic heterocycles. The van der Waals surface area contributed by atoms with E-state index in [1.807, 2.05) is 27.0 Å². The second kappa shape index (κ2) is 18.2. The van der Waals surface area contributed by atoms with E-state index in [-0.39, 0.29) is 10.8 Å². The third-order valence-electron chi connectivity index (χ3n) is 11.9. The molecule has 3 aliphatic carbocycles. The lowest BCUT2D eigenvalue weighted by Gasteiger charge is -2.52. The van der Waals surface area contributed by atoms with Crippen molar-refractivity contribution in [2.45, 2.75) is 146 Å². The van der Waals surface area contributed by atoms with E-state index < -0.39 is 0 Å². The van der Waals surface area contributed by atoms with E-state index in [1.54, 1.807) is 17.3 Å². The first-order chi connectivity index (χ1) is 21.2. The molecule has 6 atom stereocenters. The molecule has 256 valence electrons. The Kier molecular flexibility index (Phi) is 16.5. The van der Waals surface area contributed by atoms with Gasteiger partial charge in [0.2, 0.25) is 0 Å². The Morgan fingerprint density at radius 3 is 2.20 bits per heavy atom. The standard InChI is InChI=1S/C19H29N.C19H32.C3H7N.C2H6/c1-6-18(4,7-2)17-12-10-14-9-11-15(20)13-16(14)19(17,5)8-3;1-13(2)12-18-15(5)9-10-17-16(14(3)4)8-7-11-19(17,18)6;1-3-4-2;1-2/h6,9,11,13,17H,1,7-8,10,12,20H2,2-5H3;12,14,16-17H,7-11H2,1-6H3;3-4H,1H2,2H3;1-2H3/t17?,18-,19?;;;/m0.../s1. The van der Waals surface area contributed by atoms with Crippen molar-refractivity contribution in [1.29, 1.82) is 0 Å². The predicted octanol–water partition coefficient (Wildman–Crippen LogP) is 12.6. The highest BCUT2D eigenvalue weighted by Gasteiger charge is 2.47. The van der Waals surface area contributed by atoms with Crippen LogP contribution in [0.15, 0.2) is 66.4 Å². The molecule has 0 spiro atoms. The number of anilines is 1. The van der Waals surface area contributed by atoms with Gasteiger partial charge in [0.05, 0.1) is 0 Å². The number of nitrogens with two attached hydrogens (primary N) is 1. The van der Waals surface area contributed by atoms with Gasteiger partial charge in [-0.25, -0.2) is 0 Å². The Bertz CT molecular complexity index is 1130. The van der Waals surface area contributed by atoms with Crippen molar-refractivity contribution in [3.8, 4) is 0 Å². The van der Waals surface area contributed by atoms with E-state index in [2.05, 4.69) is 112 Å². The minimum absolute atomic E-state index is 0.196. The third-order valence-corrected chi connectivity index (χ3v) is 11.9. The molecule has 1 aromatic carbocycles. The number of hydrogen-bond acceptors (Lipinski definition) is 2. The zero-order chi connectivity index (χ0) is 34.6. The molecule has 3 N–H and O–H groups in total. The lowest BCUT2D eigenvalue weighted by molar-refractivity contribution is 0.0488. The summed E-state index contributed by atoms with van der Waals surface area (Å²) in [6.07, 6.45) is 18.0. The second-order valence-corrected chi connectivity index (χ2v) is 15.1. The molecule has 2 heteroatoms. The molecule has 0 amide bonds. The van der Waals surface area contributed by atoms with Gasteiger partial charge in [-0.3, -0.25) is 0 Å². The Hall–Kier alpha value is -2.22. The van der Waals surface area contributed by atoms with E-state index >= 15 is 0 Å². The number of nitrogen functional groups attached to an aromatic ring is 1. The van der Waals surface area contributed by atoms with Crippen LogP contribution in [-0.4, -0.2) is 7.05 Å². The number of aryl methyl sites for hydroxylation is 1. The first-order valence-corrected chi connectivity index (χ1v) is 18.3. The number of rotatable bonds is 7. The van der Waals surface area contributed by atoms with Gasteiger partial charge >= 0.3 is 0 Å². The molecule has 0 aromatic heterocycles. The molecule has 0 heterocycles. The zero-order valence-corrected chi connectivity index (χ0v) is 32.1. The summed E-state index contributed by atoms with van der Waals surface area (Å²) in [5, 5.41) is 2.69. The summed E-state index contributed by atoms with van der Waals surface area (Å²) in [4.78, 5) is 0. The first kappa shape index (κ1) is 40.8. The van der Waals surface area contributed by atoms with E-state index in [0.29, 0.717) is 11.3 Å². The van der Waals surface area contributed by atoms with Crippen molar-refractivity contribution in [1.82, 2.24) is 5.32 Å². The van der Waals surface area contributed by atoms with Crippen LogP contribution in [0.25, 0.3) is 0 Å². The minimum atomic E-state index is 0.196. The summed E-state index contributed by atoms with van der Waals surface area (Å²) in [6, 6.07) is 6.48. The average Bonchev–Trinajstić information content (AvgIpc) is 3.03. The summed E-state index contributed by atoms with van der Waals surface area (Å²) in [6.45, 7) is 35.2. The summed E-state index contributed by atoms with van der Waals surface area (Å²) in [5.74, 6) is 3.33. The Morgan fingerprint density at radius 2 is 1.71 bits per heavy atom. The number of hydrogen-bond donors (Lipinski definition) is 2. The van der Waals surface area contributed by atoms with Crippen LogP contribution in [-0.2, 0) is 11.8 Å². The quantitative estimate of drug-likeness (QED) is 0.236. The summed E-state index contributed by atoms with van der Waals surface area (Å²) >= 11 is 0. The van der Waals surface area contributed by atoms with Crippen molar-refractivity contribution >= 4 is 5.69 Å². The fourth-order valence-corrected chi connectivity index (χ4v) is 8.98. The van der Waals surface area contributed by atoms with Crippen molar-refractivity contribution < 1.29 is 0 Å². The van der Waals surface area contributed by atoms with Gasteiger partial charge in [-0.2, -0.15) is 0 Å². The third kappa shape index (κ3) is 9.42. The second-order valence-electron chi connectivity index (χ2n) is 15.1. The molecule has 2 nitrogen and oxygen atoms in total. The molecule has 0 saturated heterocycles. The highest BCUT2D eigenvalue weighted by molar-refractivity contribution is 5.49. The summed E-state index contributed by atoms with van der Waals surface area (Å²) in [5.41, 5.74) is 15.6. The largest absolute Gasteiger partial charge is 0.399 e. The summed E-state index contributed by atoms with van der Waals surface area (Å²) < 4.78 is 0. The topological polar surface area (TPSA) is 38.0 Å². The van der Waals surface area contributed by atoms with Crippen LogP contribution in [0.5, 0.6) is 0 Å². The van der Waals surface area contributed by atoms with Crippen LogP contribution in [0.2, 0.25) is 0 Å². The van der Waals surface area contributed by atoms with Crippen molar-refractivity contribution in [3.63, 3.8) is 0 Å². The normalized spacial score (nSPS) is 28.2. The summed E-state index contributed by atoms with van der Waals surface area (Å²) in [7, 11) is 1.81. The number of allylic oxidation sites excluding steroid dienone is 5. The Morgan fingerprint density at radius 1 is 1.09 bits per heavy atom. The van der Waals surface area contributed by atoms with Gasteiger partial charge in [0.1, 0.15) is 0 Å². The van der Waals surface area contributed by atoms with E-state index in [1.165, 1.54) is 61.6 Å². The van der Waals surface area contributed by atoms with Crippen molar-refractivity contribution in [3.05, 3.63) is 77.6 Å². The van der Waals surface area contributed by atoms with E-state index in [4.69, 9.17) is 5.73 Å². The van der Waals surface area contributed by atoms with Crippen molar-refractivity contribution in [2.24, 2.45) is 34.5 Å². The van der Waals surface area contributed by atoms with Gasteiger partial charge in [-0.15, -0.1) is 6.58 Å². The highest BCUT2D eigenvalue weighted by atomic mass is 14.8. The van der Waals surface area contributed by atoms with E-state index in [0.717, 1.165) is 36.3 Å². The minimum Gasteiger partial charge on any atom is -0.399 e. The number of fused-ring (bicyclic) bond motifs is 2. The number of nitrogens with one attached hydrogen (secondary N) is 1. The van der Waals surface area contributed by atoms with Gasteiger partial charge in [-0.05, 0) is 147 Å². The maximum absolute atomic E-state index is 6.06. The lowest BCUT2D eigenvalue weighted by Crippen LogP contribution is -2.44. The highest BCUT2D eigenvalue weighted by Crippen LogP contribution is 2.57. The average molecular weight is 619 g/mol. The predicted molar refractivity (Wildman–Crippen MR) is 205 cm³/mol. The first-order valence-electron chi connectivity index (χ1n) is 18.3. The molecular weight excluding hydrogens is 544 g/mol. The molecule has 1 saturated carbocycles. The zero-order valence-electron chi connectivity index (χ0n) is 32.1. The van der Waals surface area contributed by atoms with Crippen LogP contribution < -0.4 is 11.1 Å². The van der Waals surface area contributed by atoms with Crippen molar-refractivity contribution in [2.75, 3.05) is 12.8 Å². The fourth-order valence-electron chi connectivity index (χ4n) is 8.98. The molecule has 45 heavy (non-hydrogen) atoms. The monoisotopic (exact) mass is 619 g/mol. The van der Waals surface area contributed by atoms with Gasteiger partial charge in [0.15, 0.2) is 0 Å². The van der Waals surface area contributed by atoms with Gasteiger partial charge < -0.3 is 11.1 Å². The molecule has 5 unspecified atom stereocenters. The lowest BCUT2D eigenvalue weighted by atomic mass is 9.53. The molecule has 1 aromatic rings. The van der Waals surface area contributed by atoms with Gasteiger partial charge in [0, 0.05) is 12.7 Å². The molecule has 1 fully saturated rings. The Balaban J connectivity index is 0.000000384. The van der Waals surface area contributed by atoms with Crippen LogP contribution in [0.3, 0.4) is 0 Å². The van der Waals surface area contributed by atoms with Crippen LogP contribution >= 0.6 is 0 Å². The Labute approximate surface area is 281 Å². The smallest absolute Gasteiger partial charge is 0.0317 e. The van der Waals surface area contributed by atoms with Crippen LogP contribution in [0, 0.1) is 34.5 Å². The fraction of sp³-hybridized carbons (Fsp3) is 0.674. The van der Waals surface area contributed by atoms with Crippen LogP contribution in [0.1, 0.15) is 146 Å². The maximum atomic E-state index is 6.06. The SMILES string of the molecule is C=CNC.C=C[C@@](C)(CC)C1CCc2ccc(N)cc2C1(C)CC.CC.CC(C)=CC1=C(C)CCC2C(C(C)C)CCCC12C. The van der Waals surface area contributed by atoms with Gasteiger partial charge in [0.25, 0.3) is 0 Å². The molecular formula is C43H74N2.